The Morgan fingerprint density at radius 1 is 0.585 bits per heavy atom. The number of nitro groups is 1. The normalized spacial score (nSPS) is 11.8. The fraction of sp³-hybridized carbons (Fsp3) is 0.292. The first-order chi connectivity index (χ1) is 31.1. The summed E-state index contributed by atoms with van der Waals surface area (Å²) in [5.41, 5.74) is -3.02. The maximum Gasteiger partial charge on any atom is 0.418 e. The lowest BCUT2D eigenvalue weighted by atomic mass is 10.1. The monoisotopic (exact) mass is 905 g/mol. The summed E-state index contributed by atoms with van der Waals surface area (Å²) in [4.78, 5) is 45.4. The Bertz CT molecular complexity index is 2310. The van der Waals surface area contributed by atoms with Crippen LogP contribution in [-0.4, -0.2) is 42.5 Å². The van der Waals surface area contributed by atoms with Crippen LogP contribution in [-0.2, 0) is 12.4 Å². The zero-order valence-electron chi connectivity index (χ0n) is 35.4. The van der Waals surface area contributed by atoms with E-state index in [-0.39, 0.29) is 47.2 Å². The number of alkyl halides is 6. The van der Waals surface area contributed by atoms with Gasteiger partial charge in [-0.2, -0.15) is 26.3 Å². The molecular weight excluding hydrogens is 861 g/mol. The van der Waals surface area contributed by atoms with Crippen LogP contribution in [0.1, 0.15) is 108 Å². The second-order valence-electron chi connectivity index (χ2n) is 14.6. The molecule has 0 bridgehead atoms. The van der Waals surface area contributed by atoms with Gasteiger partial charge in [-0.05, 0) is 96.8 Å². The largest absolute Gasteiger partial charge is 0.494 e. The van der Waals surface area contributed by atoms with Crippen molar-refractivity contribution in [2.45, 2.75) is 77.6 Å². The van der Waals surface area contributed by atoms with Crippen LogP contribution < -0.4 is 18.9 Å². The first-order valence-electron chi connectivity index (χ1n) is 20.8. The molecule has 65 heavy (non-hydrogen) atoms. The fourth-order valence-electron chi connectivity index (χ4n) is 6.19. The molecule has 0 amide bonds. The number of unbranched alkanes of at least 4 members (excludes halogenated alkanes) is 6. The van der Waals surface area contributed by atoms with Gasteiger partial charge >= 0.3 is 30.0 Å². The first-order valence-corrected chi connectivity index (χ1v) is 20.8. The summed E-state index contributed by atoms with van der Waals surface area (Å²) in [5, 5.41) is 12.2. The van der Waals surface area contributed by atoms with Crippen molar-refractivity contribution in [2.75, 3.05) is 13.2 Å². The number of carbonyl (C=O) groups excluding carboxylic acids is 2. The van der Waals surface area contributed by atoms with Crippen molar-refractivity contribution in [3.8, 4) is 23.0 Å². The standard InChI is InChI=1S/C48H45F6N3O8/c1-3-5-7-9-26-62-36-22-24-40(38(28-36)47(49,50)51)55-30-32-14-18-34(19-15-32)45(58)64-42-12-11-13-43(44(42)57(60)61)65-46(59)35-20-16-33(17-21-35)31-56-41-25-23-37(29-39(41)48(52,53)54)63-27-10-8-6-4-2/h11-25,28-31H,3-10,26-27H2,1-2H3. The van der Waals surface area contributed by atoms with Crippen molar-refractivity contribution >= 4 is 41.4 Å². The molecule has 17 heteroatoms. The van der Waals surface area contributed by atoms with Gasteiger partial charge in [0.25, 0.3) is 0 Å². The molecule has 0 aromatic heterocycles. The molecule has 5 aromatic rings. The fourth-order valence-corrected chi connectivity index (χ4v) is 6.19. The number of carbonyl (C=O) groups is 2. The van der Waals surface area contributed by atoms with Crippen LogP contribution in [0.3, 0.4) is 0 Å². The van der Waals surface area contributed by atoms with Gasteiger partial charge < -0.3 is 18.9 Å². The number of rotatable bonds is 21. The highest BCUT2D eigenvalue weighted by atomic mass is 19.4. The number of nitro benzene ring substituents is 1. The van der Waals surface area contributed by atoms with Gasteiger partial charge in [-0.25, -0.2) is 9.59 Å². The summed E-state index contributed by atoms with van der Waals surface area (Å²) in [7, 11) is 0. The number of esters is 2. The molecule has 0 fully saturated rings. The SMILES string of the molecule is CCCCCCOc1ccc(N=Cc2ccc(C(=O)Oc3cccc(OC(=O)c4ccc(C=Nc5ccc(OCCCCCC)cc5C(F)(F)F)cc4)c3[N+](=O)[O-])cc2)c(C(F)(F)F)c1. The highest BCUT2D eigenvalue weighted by molar-refractivity contribution is 5.95. The Balaban J connectivity index is 1.22. The Hall–Kier alpha value is -7.04. The Morgan fingerprint density at radius 2 is 0.985 bits per heavy atom. The van der Waals surface area contributed by atoms with Crippen molar-refractivity contribution in [3.05, 3.63) is 147 Å². The lowest BCUT2D eigenvalue weighted by Gasteiger charge is -2.13. The molecule has 0 atom stereocenters. The van der Waals surface area contributed by atoms with Crippen LogP contribution in [0.5, 0.6) is 23.0 Å². The molecule has 0 aliphatic rings. The maximum atomic E-state index is 13.9. The molecule has 0 radical (unpaired) electrons. The minimum atomic E-state index is -4.71. The predicted molar refractivity (Wildman–Crippen MR) is 233 cm³/mol. The van der Waals surface area contributed by atoms with Crippen molar-refractivity contribution in [3.63, 3.8) is 0 Å². The number of hydrogen-bond acceptors (Lipinski definition) is 10. The lowest BCUT2D eigenvalue weighted by molar-refractivity contribution is -0.386. The second-order valence-corrected chi connectivity index (χ2v) is 14.6. The van der Waals surface area contributed by atoms with Crippen molar-refractivity contribution < 1.29 is 59.8 Å². The van der Waals surface area contributed by atoms with Gasteiger partial charge in [0, 0.05) is 12.4 Å². The first kappa shape index (κ1) is 49.0. The molecule has 5 aromatic carbocycles. The average molecular weight is 906 g/mol. The van der Waals surface area contributed by atoms with E-state index in [1.807, 2.05) is 13.8 Å². The topological polar surface area (TPSA) is 139 Å². The molecule has 342 valence electrons. The summed E-state index contributed by atoms with van der Waals surface area (Å²) < 4.78 is 105. The number of hydrogen-bond donors (Lipinski definition) is 0. The molecule has 0 unspecified atom stereocenters. The van der Waals surface area contributed by atoms with E-state index in [1.54, 1.807) is 0 Å². The van der Waals surface area contributed by atoms with Crippen LogP contribution in [0, 0.1) is 10.1 Å². The van der Waals surface area contributed by atoms with Crippen LogP contribution in [0.15, 0.2) is 113 Å². The summed E-state index contributed by atoms with van der Waals surface area (Å²) in [6.45, 7) is 4.66. The lowest BCUT2D eigenvalue weighted by Crippen LogP contribution is -2.12. The number of halogens is 6. The zero-order valence-corrected chi connectivity index (χ0v) is 35.4. The minimum absolute atomic E-state index is 0.0714. The van der Waals surface area contributed by atoms with E-state index in [2.05, 4.69) is 9.98 Å². The van der Waals surface area contributed by atoms with E-state index in [9.17, 15) is 46.0 Å². The highest BCUT2D eigenvalue weighted by Crippen LogP contribution is 2.41. The van der Waals surface area contributed by atoms with Gasteiger partial charge in [-0.15, -0.1) is 0 Å². The molecule has 0 saturated heterocycles. The summed E-state index contributed by atoms with van der Waals surface area (Å²) >= 11 is 0. The molecule has 5 rings (SSSR count). The minimum Gasteiger partial charge on any atom is -0.494 e. The Morgan fingerprint density at radius 3 is 1.34 bits per heavy atom. The van der Waals surface area contributed by atoms with Gasteiger partial charge in [0.15, 0.2) is 0 Å². The van der Waals surface area contributed by atoms with E-state index in [4.69, 9.17) is 18.9 Å². The average Bonchev–Trinajstić information content (AvgIpc) is 3.27. The molecule has 0 spiro atoms. The highest BCUT2D eigenvalue weighted by Gasteiger charge is 2.35. The van der Waals surface area contributed by atoms with E-state index in [0.717, 1.165) is 62.8 Å². The van der Waals surface area contributed by atoms with Gasteiger partial charge in [0.05, 0.1) is 51.8 Å². The number of ether oxygens (including phenoxy) is 4. The van der Waals surface area contributed by atoms with Crippen LogP contribution in [0.2, 0.25) is 0 Å². The predicted octanol–water partition coefficient (Wildman–Crippen LogP) is 13.5. The molecule has 0 heterocycles. The van der Waals surface area contributed by atoms with Gasteiger partial charge in [0.2, 0.25) is 11.5 Å². The summed E-state index contributed by atoms with van der Waals surface area (Å²) in [6, 6.07) is 21.1. The third-order valence-electron chi connectivity index (χ3n) is 9.63. The zero-order chi connectivity index (χ0) is 47.0. The van der Waals surface area contributed by atoms with E-state index in [0.29, 0.717) is 24.0 Å². The van der Waals surface area contributed by atoms with Crippen LogP contribution >= 0.6 is 0 Å². The van der Waals surface area contributed by atoms with Crippen LogP contribution in [0.25, 0.3) is 0 Å². The van der Waals surface area contributed by atoms with Crippen molar-refractivity contribution in [2.24, 2.45) is 9.98 Å². The van der Waals surface area contributed by atoms with E-state index in [1.165, 1.54) is 91.3 Å². The van der Waals surface area contributed by atoms with Gasteiger partial charge in [0.1, 0.15) is 11.5 Å². The van der Waals surface area contributed by atoms with Gasteiger partial charge in [-0.3, -0.25) is 20.1 Å². The van der Waals surface area contributed by atoms with E-state index < -0.39 is 57.5 Å². The second kappa shape index (κ2) is 23.1. The Labute approximate surface area is 370 Å². The summed E-state index contributed by atoms with van der Waals surface area (Å²) in [5.74, 6) is -3.04. The third-order valence-corrected chi connectivity index (χ3v) is 9.63. The molecule has 11 nitrogen and oxygen atoms in total. The molecule has 0 aliphatic heterocycles. The Kier molecular flexibility index (Phi) is 17.4. The number of aliphatic imine (C=N–C) groups is 2. The molecule has 0 aliphatic carbocycles. The number of benzene rings is 5. The third kappa shape index (κ3) is 14.5. The maximum absolute atomic E-state index is 13.9. The number of nitrogens with zero attached hydrogens (tertiary/aromatic N) is 3. The van der Waals surface area contributed by atoms with Gasteiger partial charge in [-0.1, -0.05) is 82.7 Å². The van der Waals surface area contributed by atoms with Crippen molar-refractivity contribution in [1.82, 2.24) is 0 Å². The molecule has 0 saturated carbocycles. The van der Waals surface area contributed by atoms with Crippen LogP contribution in [0.4, 0.5) is 43.4 Å². The van der Waals surface area contributed by atoms with E-state index >= 15 is 0 Å². The molecule has 0 N–H and O–H groups in total. The van der Waals surface area contributed by atoms with Crippen molar-refractivity contribution in [1.29, 1.82) is 0 Å². The molecular formula is C48H45F6N3O8. The summed E-state index contributed by atoms with van der Waals surface area (Å²) in [6.07, 6.45) is 0.187. The quantitative estimate of drug-likeness (QED) is 0.0135. The smallest absolute Gasteiger partial charge is 0.418 e. The number of para-hydroxylation sites is 1.